The molecule has 6 heteroatoms. The number of amides is 2. The maximum atomic E-state index is 13.5. The summed E-state index contributed by atoms with van der Waals surface area (Å²) in [4.78, 5) is 30.4. The van der Waals surface area contributed by atoms with Crippen LogP contribution in [0.5, 0.6) is 5.75 Å². The monoisotopic (exact) mass is 442 g/mol. The van der Waals surface area contributed by atoms with Gasteiger partial charge in [-0.2, -0.15) is 0 Å². The second-order valence-corrected chi connectivity index (χ2v) is 9.62. The smallest absolute Gasteiger partial charge is 0.277 e. The lowest BCUT2D eigenvalue weighted by atomic mass is 9.91. The van der Waals surface area contributed by atoms with Gasteiger partial charge >= 0.3 is 0 Å². The lowest BCUT2D eigenvalue weighted by molar-refractivity contribution is -0.137. The summed E-state index contributed by atoms with van der Waals surface area (Å²) in [7, 11) is 0. The van der Waals surface area contributed by atoms with Crippen molar-refractivity contribution in [2.24, 2.45) is 17.8 Å². The third-order valence-electron chi connectivity index (χ3n) is 5.93. The Bertz CT molecular complexity index is 821. The van der Waals surface area contributed by atoms with E-state index in [0.717, 1.165) is 30.8 Å². The summed E-state index contributed by atoms with van der Waals surface area (Å²) in [5.74, 6) is 1.79. The third-order valence-corrected chi connectivity index (χ3v) is 5.93. The number of benzene rings is 1. The van der Waals surface area contributed by atoms with E-state index in [1.54, 1.807) is 0 Å². The Morgan fingerprint density at radius 2 is 1.69 bits per heavy atom. The number of hydrogen-bond donors (Lipinski definition) is 0. The van der Waals surface area contributed by atoms with Crippen LogP contribution in [0, 0.1) is 17.8 Å². The molecule has 32 heavy (non-hydrogen) atoms. The molecule has 2 amide bonds. The second-order valence-electron chi connectivity index (χ2n) is 9.62. The number of carbonyl (C=O) groups excluding carboxylic acids is 2. The highest BCUT2D eigenvalue weighted by Crippen LogP contribution is 2.35. The number of carbonyl (C=O) groups is 2. The summed E-state index contributed by atoms with van der Waals surface area (Å²) in [5.41, 5.74) is 1.84. The van der Waals surface area contributed by atoms with Gasteiger partial charge in [-0.3, -0.25) is 14.5 Å². The standard InChI is InChI=1S/C26H38N2O4/c1-6-31-13-7-12-28-25(29)23(21-8-10-22(11-9-21)32-17-18(2)3)24(26(28)30)27-15-19(4)14-20(5)16-27/h8-11,18-20H,6-7,12-17H2,1-5H3. The minimum Gasteiger partial charge on any atom is -0.493 e. The number of ether oxygens (including phenoxy) is 2. The van der Waals surface area contributed by atoms with E-state index in [1.807, 2.05) is 31.2 Å². The molecule has 3 rings (SSSR count). The summed E-state index contributed by atoms with van der Waals surface area (Å²) in [6, 6.07) is 7.58. The van der Waals surface area contributed by atoms with Gasteiger partial charge in [-0.25, -0.2) is 0 Å². The summed E-state index contributed by atoms with van der Waals surface area (Å²) in [6.45, 7) is 14.4. The van der Waals surface area contributed by atoms with E-state index < -0.39 is 0 Å². The number of nitrogens with zero attached hydrogens (tertiary/aromatic N) is 2. The van der Waals surface area contributed by atoms with Gasteiger partial charge in [-0.15, -0.1) is 0 Å². The van der Waals surface area contributed by atoms with E-state index in [2.05, 4.69) is 32.6 Å². The van der Waals surface area contributed by atoms with E-state index in [4.69, 9.17) is 9.47 Å². The quantitative estimate of drug-likeness (QED) is 0.401. The summed E-state index contributed by atoms with van der Waals surface area (Å²) < 4.78 is 11.2. The summed E-state index contributed by atoms with van der Waals surface area (Å²) in [5, 5.41) is 0. The Kier molecular flexibility index (Phi) is 8.35. The fourth-order valence-corrected chi connectivity index (χ4v) is 4.62. The Hall–Kier alpha value is -2.34. The molecule has 1 aromatic rings. The first-order valence-corrected chi connectivity index (χ1v) is 12.0. The van der Waals surface area contributed by atoms with Gasteiger partial charge in [0, 0.05) is 32.8 Å². The van der Waals surface area contributed by atoms with Crippen LogP contribution >= 0.6 is 0 Å². The molecular weight excluding hydrogens is 404 g/mol. The Morgan fingerprint density at radius 3 is 2.28 bits per heavy atom. The van der Waals surface area contributed by atoms with Crippen LogP contribution in [0.25, 0.3) is 5.57 Å². The van der Waals surface area contributed by atoms with E-state index in [1.165, 1.54) is 4.90 Å². The first-order chi connectivity index (χ1) is 15.3. The van der Waals surface area contributed by atoms with Crippen LogP contribution in [-0.2, 0) is 14.3 Å². The van der Waals surface area contributed by atoms with Crippen molar-refractivity contribution in [2.45, 2.75) is 47.5 Å². The van der Waals surface area contributed by atoms with Crippen molar-refractivity contribution in [1.29, 1.82) is 0 Å². The molecular formula is C26H38N2O4. The van der Waals surface area contributed by atoms with Crippen molar-refractivity contribution in [3.63, 3.8) is 0 Å². The van der Waals surface area contributed by atoms with Crippen molar-refractivity contribution < 1.29 is 19.1 Å². The predicted molar refractivity (Wildman–Crippen MR) is 126 cm³/mol. The maximum absolute atomic E-state index is 13.5. The van der Waals surface area contributed by atoms with Gasteiger partial charge in [-0.1, -0.05) is 39.8 Å². The Labute approximate surface area is 192 Å². The number of rotatable bonds is 10. The molecule has 0 spiro atoms. The lowest BCUT2D eigenvalue weighted by Crippen LogP contribution is -2.42. The van der Waals surface area contributed by atoms with Crippen molar-refractivity contribution in [3.05, 3.63) is 35.5 Å². The van der Waals surface area contributed by atoms with Crippen LogP contribution < -0.4 is 4.74 Å². The molecule has 0 saturated carbocycles. The number of piperidine rings is 1. The highest BCUT2D eigenvalue weighted by molar-refractivity contribution is 6.35. The van der Waals surface area contributed by atoms with Gasteiger partial charge in [0.1, 0.15) is 11.4 Å². The molecule has 0 aliphatic carbocycles. The van der Waals surface area contributed by atoms with E-state index in [9.17, 15) is 9.59 Å². The number of imide groups is 1. The van der Waals surface area contributed by atoms with Crippen LogP contribution in [0.1, 0.15) is 53.0 Å². The van der Waals surface area contributed by atoms with Crippen molar-refractivity contribution >= 4 is 17.4 Å². The fourth-order valence-electron chi connectivity index (χ4n) is 4.62. The van der Waals surface area contributed by atoms with E-state index in [0.29, 0.717) is 61.8 Å². The molecule has 0 N–H and O–H groups in total. The van der Waals surface area contributed by atoms with Crippen LogP contribution in [0.3, 0.4) is 0 Å². The third kappa shape index (κ3) is 5.71. The molecule has 1 aromatic carbocycles. The predicted octanol–water partition coefficient (Wildman–Crippen LogP) is 4.21. The molecule has 6 nitrogen and oxygen atoms in total. The van der Waals surface area contributed by atoms with Gasteiger partial charge in [-0.05, 0) is 55.2 Å². The molecule has 2 aliphatic rings. The Balaban J connectivity index is 1.90. The molecule has 2 unspecified atom stereocenters. The molecule has 176 valence electrons. The number of hydrogen-bond acceptors (Lipinski definition) is 5. The van der Waals surface area contributed by atoms with Gasteiger partial charge in [0.2, 0.25) is 0 Å². The average molecular weight is 443 g/mol. The first-order valence-electron chi connectivity index (χ1n) is 12.0. The molecule has 2 heterocycles. The van der Waals surface area contributed by atoms with Crippen LogP contribution in [-0.4, -0.2) is 61.1 Å². The maximum Gasteiger partial charge on any atom is 0.277 e. The lowest BCUT2D eigenvalue weighted by Gasteiger charge is -2.37. The van der Waals surface area contributed by atoms with Crippen LogP contribution in [0.2, 0.25) is 0 Å². The molecule has 2 atom stereocenters. The zero-order valence-electron chi connectivity index (χ0n) is 20.2. The minimum absolute atomic E-state index is 0.178. The van der Waals surface area contributed by atoms with Gasteiger partial charge in [0.05, 0.1) is 12.2 Å². The normalized spacial score (nSPS) is 21.8. The SMILES string of the molecule is CCOCCCN1C(=O)C(c2ccc(OCC(C)C)cc2)=C(N2CC(C)CC(C)C2)C1=O. The van der Waals surface area contributed by atoms with Crippen LogP contribution in [0.4, 0.5) is 0 Å². The highest BCUT2D eigenvalue weighted by atomic mass is 16.5. The van der Waals surface area contributed by atoms with E-state index in [-0.39, 0.29) is 11.8 Å². The molecule has 0 radical (unpaired) electrons. The van der Waals surface area contributed by atoms with E-state index >= 15 is 0 Å². The van der Waals surface area contributed by atoms with Crippen molar-refractivity contribution in [3.8, 4) is 5.75 Å². The Morgan fingerprint density at radius 1 is 1.03 bits per heavy atom. The zero-order valence-corrected chi connectivity index (χ0v) is 20.2. The summed E-state index contributed by atoms with van der Waals surface area (Å²) in [6.07, 6.45) is 1.78. The van der Waals surface area contributed by atoms with Gasteiger partial charge in [0.15, 0.2) is 0 Å². The minimum atomic E-state index is -0.205. The van der Waals surface area contributed by atoms with Gasteiger partial charge < -0.3 is 14.4 Å². The molecule has 0 bridgehead atoms. The topological polar surface area (TPSA) is 59.1 Å². The van der Waals surface area contributed by atoms with Crippen LogP contribution in [0.15, 0.2) is 30.0 Å². The first kappa shape index (κ1) is 24.3. The molecule has 1 fully saturated rings. The fraction of sp³-hybridized carbons (Fsp3) is 0.615. The second kappa shape index (κ2) is 11.0. The molecule has 1 saturated heterocycles. The molecule has 0 aromatic heterocycles. The van der Waals surface area contributed by atoms with Crippen molar-refractivity contribution in [1.82, 2.24) is 9.80 Å². The summed E-state index contributed by atoms with van der Waals surface area (Å²) >= 11 is 0. The largest absolute Gasteiger partial charge is 0.493 e. The van der Waals surface area contributed by atoms with Crippen molar-refractivity contribution in [2.75, 3.05) is 39.5 Å². The number of likely N-dealkylation sites (tertiary alicyclic amines) is 1. The van der Waals surface area contributed by atoms with Gasteiger partial charge in [0.25, 0.3) is 11.8 Å². The zero-order chi connectivity index (χ0) is 23.3. The highest BCUT2D eigenvalue weighted by Gasteiger charge is 2.42. The molecule has 2 aliphatic heterocycles. The average Bonchev–Trinajstić information content (AvgIpc) is 2.99.